The van der Waals surface area contributed by atoms with Crippen molar-refractivity contribution >= 4 is 29.8 Å². The molecule has 1 fully saturated rings. The van der Waals surface area contributed by atoms with Gasteiger partial charge in [-0.05, 0) is 59.2 Å². The standard InChI is InChI=1S/C37H46N4O9/c1-24(2)21-28(38-32(42)23-49-30-10-7-6-9-27(30)37(3,4)5)33(43)39-29(35(45)46)22-25-12-14-26(15-13-25)50-36(47)41-18-16-40(17-19-41)34(44)31-11-8-20-48-31/h6-15,20,24,28-29H,16-19,21-23H2,1-5H3,(H,38,42)(H,39,43)(H,45,46). The zero-order valence-electron chi connectivity index (χ0n) is 29.1. The highest BCUT2D eigenvalue weighted by Crippen LogP contribution is 2.31. The summed E-state index contributed by atoms with van der Waals surface area (Å²) in [5.74, 6) is -1.50. The maximum absolute atomic E-state index is 13.3. The van der Waals surface area contributed by atoms with Crippen LogP contribution in [0.5, 0.6) is 11.5 Å². The van der Waals surface area contributed by atoms with Crippen LogP contribution in [0.1, 0.15) is 62.7 Å². The number of piperazine rings is 1. The summed E-state index contributed by atoms with van der Waals surface area (Å²) in [5.41, 5.74) is 1.32. The van der Waals surface area contributed by atoms with E-state index in [2.05, 4.69) is 10.6 Å². The molecule has 1 aromatic heterocycles. The lowest BCUT2D eigenvalue weighted by Gasteiger charge is -2.33. The number of nitrogens with zero attached hydrogens (tertiary/aromatic N) is 2. The summed E-state index contributed by atoms with van der Waals surface area (Å²) in [4.78, 5) is 66.7. The first-order valence-corrected chi connectivity index (χ1v) is 16.6. The second kappa shape index (κ2) is 16.9. The van der Waals surface area contributed by atoms with E-state index in [1.807, 2.05) is 52.8 Å². The lowest BCUT2D eigenvalue weighted by molar-refractivity contribution is -0.142. The van der Waals surface area contributed by atoms with Gasteiger partial charge in [-0.2, -0.15) is 0 Å². The number of carbonyl (C=O) groups excluding carboxylic acids is 4. The SMILES string of the molecule is CC(C)CC(NC(=O)COc1ccccc1C(C)(C)C)C(=O)NC(Cc1ccc(OC(=O)N2CCN(C(=O)c3ccco3)CC2)cc1)C(=O)O. The number of nitrogens with one attached hydrogen (secondary N) is 2. The Morgan fingerprint density at radius 2 is 1.52 bits per heavy atom. The van der Waals surface area contributed by atoms with E-state index in [9.17, 15) is 29.1 Å². The van der Waals surface area contributed by atoms with Gasteiger partial charge in [-0.1, -0.05) is 65.0 Å². The molecule has 0 saturated carbocycles. The van der Waals surface area contributed by atoms with E-state index in [1.54, 1.807) is 47.4 Å². The van der Waals surface area contributed by atoms with Crippen molar-refractivity contribution in [3.8, 4) is 11.5 Å². The molecule has 4 amide bonds. The average Bonchev–Trinajstić information content (AvgIpc) is 3.62. The van der Waals surface area contributed by atoms with Crippen LogP contribution in [0.3, 0.4) is 0 Å². The number of para-hydroxylation sites is 1. The first-order valence-electron chi connectivity index (χ1n) is 16.6. The number of hydrogen-bond donors (Lipinski definition) is 3. The molecule has 13 nitrogen and oxygen atoms in total. The van der Waals surface area contributed by atoms with Crippen molar-refractivity contribution in [3.63, 3.8) is 0 Å². The molecule has 50 heavy (non-hydrogen) atoms. The first kappa shape index (κ1) is 37.5. The second-order valence-corrected chi connectivity index (χ2v) is 13.7. The second-order valence-electron chi connectivity index (χ2n) is 13.7. The van der Waals surface area contributed by atoms with E-state index >= 15 is 0 Å². The molecule has 0 bridgehead atoms. The molecule has 1 saturated heterocycles. The third-order valence-corrected chi connectivity index (χ3v) is 8.15. The minimum Gasteiger partial charge on any atom is -0.483 e. The molecular weight excluding hydrogens is 644 g/mol. The Hall–Kier alpha value is -5.33. The Labute approximate surface area is 291 Å². The van der Waals surface area contributed by atoms with Crippen LogP contribution >= 0.6 is 0 Å². The summed E-state index contributed by atoms with van der Waals surface area (Å²) in [6.45, 7) is 10.9. The number of furan rings is 1. The zero-order chi connectivity index (χ0) is 36.4. The Bertz CT molecular complexity index is 1620. The fourth-order valence-electron chi connectivity index (χ4n) is 5.51. The van der Waals surface area contributed by atoms with Crippen molar-refractivity contribution in [2.75, 3.05) is 32.8 Å². The molecule has 2 heterocycles. The molecule has 4 rings (SSSR count). The smallest absolute Gasteiger partial charge is 0.415 e. The normalized spacial score (nSPS) is 14.4. The lowest BCUT2D eigenvalue weighted by atomic mass is 9.86. The van der Waals surface area contributed by atoms with Gasteiger partial charge in [0.05, 0.1) is 6.26 Å². The first-order chi connectivity index (χ1) is 23.7. The van der Waals surface area contributed by atoms with E-state index in [-0.39, 0.29) is 48.2 Å². The maximum Gasteiger partial charge on any atom is 0.415 e. The van der Waals surface area contributed by atoms with Gasteiger partial charge < -0.3 is 39.4 Å². The Morgan fingerprint density at radius 3 is 2.12 bits per heavy atom. The Kier molecular flexibility index (Phi) is 12.6. The van der Waals surface area contributed by atoms with Crippen LogP contribution in [-0.2, 0) is 26.2 Å². The van der Waals surface area contributed by atoms with Gasteiger partial charge in [0.15, 0.2) is 12.4 Å². The molecule has 2 aromatic carbocycles. The van der Waals surface area contributed by atoms with Gasteiger partial charge in [0.2, 0.25) is 5.91 Å². The molecule has 1 aliphatic heterocycles. The van der Waals surface area contributed by atoms with Gasteiger partial charge in [0.1, 0.15) is 23.6 Å². The quantitative estimate of drug-likeness (QED) is 0.238. The number of carboxylic acids is 1. The van der Waals surface area contributed by atoms with Crippen molar-refractivity contribution in [3.05, 3.63) is 83.8 Å². The number of ether oxygens (including phenoxy) is 2. The van der Waals surface area contributed by atoms with Gasteiger partial charge in [0.25, 0.3) is 11.8 Å². The van der Waals surface area contributed by atoms with Crippen molar-refractivity contribution in [2.24, 2.45) is 5.92 Å². The highest BCUT2D eigenvalue weighted by Gasteiger charge is 2.29. The van der Waals surface area contributed by atoms with Crippen molar-refractivity contribution in [1.29, 1.82) is 0 Å². The predicted octanol–water partition coefficient (Wildman–Crippen LogP) is 4.26. The van der Waals surface area contributed by atoms with Gasteiger partial charge in [-0.25, -0.2) is 9.59 Å². The average molecular weight is 691 g/mol. The van der Waals surface area contributed by atoms with Gasteiger partial charge >= 0.3 is 12.1 Å². The number of carbonyl (C=O) groups is 5. The number of hydrogen-bond acceptors (Lipinski definition) is 8. The maximum atomic E-state index is 13.3. The van der Waals surface area contributed by atoms with E-state index in [4.69, 9.17) is 13.9 Å². The summed E-state index contributed by atoms with van der Waals surface area (Å²) in [7, 11) is 0. The van der Waals surface area contributed by atoms with Crippen LogP contribution in [0.25, 0.3) is 0 Å². The minimum absolute atomic E-state index is 0.0280. The van der Waals surface area contributed by atoms with Crippen molar-refractivity contribution < 1.29 is 43.0 Å². The Balaban J connectivity index is 1.29. The summed E-state index contributed by atoms with van der Waals surface area (Å²) < 4.78 is 16.5. The largest absolute Gasteiger partial charge is 0.483 e. The van der Waals surface area contributed by atoms with Crippen LogP contribution in [0.4, 0.5) is 4.79 Å². The van der Waals surface area contributed by atoms with Crippen molar-refractivity contribution in [1.82, 2.24) is 20.4 Å². The fraction of sp³-hybridized carbons (Fsp3) is 0.432. The number of aliphatic carboxylic acids is 1. The van der Waals surface area contributed by atoms with Crippen molar-refractivity contribution in [2.45, 2.75) is 65.0 Å². The van der Waals surface area contributed by atoms with Gasteiger partial charge in [-0.15, -0.1) is 0 Å². The monoisotopic (exact) mass is 690 g/mol. The minimum atomic E-state index is -1.28. The third-order valence-electron chi connectivity index (χ3n) is 8.15. The van der Waals surface area contributed by atoms with Crippen LogP contribution < -0.4 is 20.1 Å². The van der Waals surface area contributed by atoms with E-state index < -0.39 is 36.0 Å². The van der Waals surface area contributed by atoms with Crippen LogP contribution in [0, 0.1) is 5.92 Å². The molecule has 268 valence electrons. The molecule has 13 heteroatoms. The molecule has 2 unspecified atom stereocenters. The highest BCUT2D eigenvalue weighted by atomic mass is 16.6. The highest BCUT2D eigenvalue weighted by molar-refractivity contribution is 5.92. The van der Waals surface area contributed by atoms with E-state index in [0.29, 0.717) is 37.5 Å². The summed E-state index contributed by atoms with van der Waals surface area (Å²) in [6, 6.07) is 14.8. The summed E-state index contributed by atoms with van der Waals surface area (Å²) >= 11 is 0. The van der Waals surface area contributed by atoms with E-state index in [0.717, 1.165) is 5.56 Å². The number of rotatable bonds is 13. The number of amides is 4. The molecule has 2 atom stereocenters. The van der Waals surface area contributed by atoms with Crippen LogP contribution in [0.2, 0.25) is 0 Å². The van der Waals surface area contributed by atoms with Crippen LogP contribution in [-0.4, -0.2) is 89.6 Å². The van der Waals surface area contributed by atoms with Gasteiger partial charge in [0, 0.05) is 32.6 Å². The molecular formula is C37H46N4O9. The topological polar surface area (TPSA) is 168 Å². The van der Waals surface area contributed by atoms with Gasteiger partial charge in [-0.3, -0.25) is 14.4 Å². The number of benzene rings is 2. The Morgan fingerprint density at radius 1 is 0.860 bits per heavy atom. The lowest BCUT2D eigenvalue weighted by Crippen LogP contribution is -2.53. The predicted molar refractivity (Wildman–Crippen MR) is 184 cm³/mol. The van der Waals surface area contributed by atoms with E-state index in [1.165, 1.54) is 11.2 Å². The molecule has 1 aliphatic rings. The molecule has 0 radical (unpaired) electrons. The zero-order valence-corrected chi connectivity index (χ0v) is 29.1. The fourth-order valence-corrected chi connectivity index (χ4v) is 5.51. The molecule has 3 aromatic rings. The molecule has 0 aliphatic carbocycles. The summed E-state index contributed by atoms with van der Waals surface area (Å²) in [6.07, 6.45) is 1.11. The molecule has 0 spiro atoms. The third kappa shape index (κ3) is 10.6. The summed E-state index contributed by atoms with van der Waals surface area (Å²) in [5, 5.41) is 15.2. The number of carboxylic acid groups (broad SMARTS) is 1. The molecule has 3 N–H and O–H groups in total. The van der Waals surface area contributed by atoms with Crippen LogP contribution in [0.15, 0.2) is 71.3 Å².